The lowest BCUT2D eigenvalue weighted by Gasteiger charge is -2.17. The molecule has 1 saturated heterocycles. The van der Waals surface area contributed by atoms with Gasteiger partial charge in [0.15, 0.2) is 0 Å². The summed E-state index contributed by atoms with van der Waals surface area (Å²) in [6, 6.07) is 13.0. The fourth-order valence-electron chi connectivity index (χ4n) is 2.86. The quantitative estimate of drug-likeness (QED) is 0.918. The first kappa shape index (κ1) is 16.5. The maximum absolute atomic E-state index is 12.5. The Bertz CT molecular complexity index is 786. The van der Waals surface area contributed by atoms with E-state index < -0.39 is 0 Å². The van der Waals surface area contributed by atoms with Crippen LogP contribution in [0.15, 0.2) is 42.5 Å². The zero-order valence-electron chi connectivity index (χ0n) is 13.7. The van der Waals surface area contributed by atoms with Gasteiger partial charge in [-0.2, -0.15) is 0 Å². The topological polar surface area (TPSA) is 49.4 Å². The molecule has 1 aliphatic rings. The van der Waals surface area contributed by atoms with Gasteiger partial charge in [0.2, 0.25) is 11.8 Å². The van der Waals surface area contributed by atoms with Crippen molar-refractivity contribution in [1.82, 2.24) is 0 Å². The first-order chi connectivity index (χ1) is 11.4. The van der Waals surface area contributed by atoms with E-state index >= 15 is 0 Å². The molecule has 0 aliphatic carbocycles. The van der Waals surface area contributed by atoms with Crippen molar-refractivity contribution in [2.75, 3.05) is 16.8 Å². The highest BCUT2D eigenvalue weighted by atomic mass is 35.5. The molecule has 4 nitrogen and oxygen atoms in total. The Morgan fingerprint density at radius 3 is 2.58 bits per heavy atom. The standard InChI is InChI=1S/C19H19ClN2O2/c1-12-3-4-13(2)17(9-12)21-19(24)14-10-18(23)22(11-14)16-7-5-15(20)6-8-16/h3-9,14H,10-11H2,1-2H3,(H,21,24)/t14-/m0/s1. The Balaban J connectivity index is 1.72. The summed E-state index contributed by atoms with van der Waals surface area (Å²) < 4.78 is 0. The minimum absolute atomic E-state index is 0.0431. The molecule has 0 aromatic heterocycles. The lowest BCUT2D eigenvalue weighted by Crippen LogP contribution is -2.28. The third-order valence-corrected chi connectivity index (χ3v) is 4.54. The van der Waals surface area contributed by atoms with Crippen molar-refractivity contribution < 1.29 is 9.59 Å². The number of aryl methyl sites for hydroxylation is 2. The molecule has 124 valence electrons. The molecule has 3 rings (SSSR count). The lowest BCUT2D eigenvalue weighted by molar-refractivity contribution is -0.122. The van der Waals surface area contributed by atoms with Gasteiger partial charge in [0.05, 0.1) is 5.92 Å². The third-order valence-electron chi connectivity index (χ3n) is 4.29. The van der Waals surface area contributed by atoms with E-state index in [-0.39, 0.29) is 24.2 Å². The second-order valence-corrected chi connectivity index (χ2v) is 6.63. The molecule has 0 saturated carbocycles. The van der Waals surface area contributed by atoms with Gasteiger partial charge in [0, 0.05) is 29.4 Å². The summed E-state index contributed by atoms with van der Waals surface area (Å²) in [5.74, 6) is -0.514. The van der Waals surface area contributed by atoms with Gasteiger partial charge >= 0.3 is 0 Å². The predicted molar refractivity (Wildman–Crippen MR) is 96.5 cm³/mol. The highest BCUT2D eigenvalue weighted by Gasteiger charge is 2.35. The minimum Gasteiger partial charge on any atom is -0.326 e. The number of hydrogen-bond donors (Lipinski definition) is 1. The number of nitrogens with one attached hydrogen (secondary N) is 1. The van der Waals surface area contributed by atoms with Crippen molar-refractivity contribution in [2.24, 2.45) is 5.92 Å². The molecule has 0 bridgehead atoms. The number of nitrogens with zero attached hydrogens (tertiary/aromatic N) is 1. The summed E-state index contributed by atoms with van der Waals surface area (Å²) in [4.78, 5) is 26.4. The van der Waals surface area contributed by atoms with Gasteiger partial charge in [-0.3, -0.25) is 9.59 Å². The SMILES string of the molecule is Cc1ccc(C)c(NC(=O)[C@H]2CC(=O)N(c3ccc(Cl)cc3)C2)c1. The van der Waals surface area contributed by atoms with Crippen LogP contribution in [0, 0.1) is 19.8 Å². The summed E-state index contributed by atoms with van der Waals surface area (Å²) >= 11 is 5.88. The second kappa shape index (κ2) is 6.65. The van der Waals surface area contributed by atoms with Crippen molar-refractivity contribution >= 4 is 34.8 Å². The number of hydrogen-bond acceptors (Lipinski definition) is 2. The van der Waals surface area contributed by atoms with E-state index in [4.69, 9.17) is 11.6 Å². The van der Waals surface area contributed by atoms with Crippen LogP contribution in [0.25, 0.3) is 0 Å². The van der Waals surface area contributed by atoms with Crippen molar-refractivity contribution in [2.45, 2.75) is 20.3 Å². The van der Waals surface area contributed by atoms with Gasteiger partial charge in [-0.25, -0.2) is 0 Å². The molecule has 0 spiro atoms. The van der Waals surface area contributed by atoms with Crippen LogP contribution in [-0.4, -0.2) is 18.4 Å². The Labute approximate surface area is 146 Å². The molecule has 1 aliphatic heterocycles. The highest BCUT2D eigenvalue weighted by Crippen LogP contribution is 2.27. The number of carbonyl (C=O) groups excluding carboxylic acids is 2. The van der Waals surface area contributed by atoms with E-state index in [0.717, 1.165) is 22.5 Å². The van der Waals surface area contributed by atoms with E-state index in [2.05, 4.69) is 5.32 Å². The van der Waals surface area contributed by atoms with E-state index in [1.165, 1.54) is 0 Å². The van der Waals surface area contributed by atoms with E-state index in [9.17, 15) is 9.59 Å². The van der Waals surface area contributed by atoms with Crippen LogP contribution >= 0.6 is 11.6 Å². The summed E-state index contributed by atoms with van der Waals surface area (Å²) in [7, 11) is 0. The van der Waals surface area contributed by atoms with Gasteiger partial charge in [0.25, 0.3) is 0 Å². The van der Waals surface area contributed by atoms with Gasteiger partial charge in [-0.1, -0.05) is 23.7 Å². The first-order valence-corrected chi connectivity index (χ1v) is 8.26. The molecular weight excluding hydrogens is 324 g/mol. The average Bonchev–Trinajstić information content (AvgIpc) is 2.94. The normalized spacial score (nSPS) is 17.2. The van der Waals surface area contributed by atoms with Crippen LogP contribution in [0.1, 0.15) is 17.5 Å². The van der Waals surface area contributed by atoms with E-state index in [1.807, 2.05) is 32.0 Å². The molecule has 24 heavy (non-hydrogen) atoms. The largest absolute Gasteiger partial charge is 0.326 e. The van der Waals surface area contributed by atoms with E-state index in [0.29, 0.717) is 11.6 Å². The molecule has 2 amide bonds. The summed E-state index contributed by atoms with van der Waals surface area (Å²) in [5, 5.41) is 3.58. The van der Waals surface area contributed by atoms with Crippen LogP contribution in [0.4, 0.5) is 11.4 Å². The first-order valence-electron chi connectivity index (χ1n) is 7.88. The van der Waals surface area contributed by atoms with Crippen molar-refractivity contribution in [3.63, 3.8) is 0 Å². The van der Waals surface area contributed by atoms with Gasteiger partial charge in [0.1, 0.15) is 0 Å². The lowest BCUT2D eigenvalue weighted by atomic mass is 10.1. The average molecular weight is 343 g/mol. The molecule has 1 N–H and O–H groups in total. The van der Waals surface area contributed by atoms with Gasteiger partial charge in [-0.15, -0.1) is 0 Å². The van der Waals surface area contributed by atoms with Crippen molar-refractivity contribution in [3.8, 4) is 0 Å². The van der Waals surface area contributed by atoms with Crippen molar-refractivity contribution in [3.05, 3.63) is 58.6 Å². The Kier molecular flexibility index (Phi) is 4.58. The Morgan fingerprint density at radius 2 is 1.88 bits per heavy atom. The van der Waals surface area contributed by atoms with E-state index in [1.54, 1.807) is 29.2 Å². The third kappa shape index (κ3) is 3.44. The fraction of sp³-hybridized carbons (Fsp3) is 0.263. The molecule has 2 aromatic rings. The van der Waals surface area contributed by atoms with Gasteiger partial charge in [-0.05, 0) is 55.3 Å². The molecule has 5 heteroatoms. The molecule has 1 fully saturated rings. The maximum Gasteiger partial charge on any atom is 0.229 e. The summed E-state index contributed by atoms with van der Waals surface area (Å²) in [6.45, 7) is 4.32. The molecule has 2 aromatic carbocycles. The number of anilines is 2. The van der Waals surface area contributed by atoms with Crippen LogP contribution < -0.4 is 10.2 Å². The summed E-state index contributed by atoms with van der Waals surface area (Å²) in [5.41, 5.74) is 3.66. The van der Waals surface area contributed by atoms with Crippen LogP contribution in [0.5, 0.6) is 0 Å². The molecule has 0 radical (unpaired) electrons. The molecule has 1 heterocycles. The monoisotopic (exact) mass is 342 g/mol. The Hall–Kier alpha value is -2.33. The number of amides is 2. The molecular formula is C19H19ClN2O2. The van der Waals surface area contributed by atoms with Crippen LogP contribution in [-0.2, 0) is 9.59 Å². The molecule has 1 atom stereocenters. The number of halogens is 1. The molecule has 0 unspecified atom stereocenters. The zero-order valence-corrected chi connectivity index (χ0v) is 14.4. The smallest absolute Gasteiger partial charge is 0.229 e. The predicted octanol–water partition coefficient (Wildman–Crippen LogP) is 3.95. The number of benzene rings is 2. The van der Waals surface area contributed by atoms with Crippen LogP contribution in [0.3, 0.4) is 0 Å². The maximum atomic E-state index is 12.5. The minimum atomic E-state index is -0.354. The number of rotatable bonds is 3. The van der Waals surface area contributed by atoms with Gasteiger partial charge < -0.3 is 10.2 Å². The number of carbonyl (C=O) groups is 2. The van der Waals surface area contributed by atoms with Crippen LogP contribution in [0.2, 0.25) is 5.02 Å². The highest BCUT2D eigenvalue weighted by molar-refractivity contribution is 6.30. The Morgan fingerprint density at radius 1 is 1.17 bits per heavy atom. The zero-order chi connectivity index (χ0) is 17.3. The van der Waals surface area contributed by atoms with Crippen molar-refractivity contribution in [1.29, 1.82) is 0 Å². The second-order valence-electron chi connectivity index (χ2n) is 6.19. The summed E-state index contributed by atoms with van der Waals surface area (Å²) in [6.07, 6.45) is 0.222. The fourth-order valence-corrected chi connectivity index (χ4v) is 2.99.